The number of methoxy groups -OCH3 is 1. The Balaban J connectivity index is 1.38. The van der Waals surface area contributed by atoms with Crippen LogP contribution in [0.4, 0.5) is 13.2 Å². The number of carbonyl (C=O) groups is 1. The van der Waals surface area contributed by atoms with Crippen molar-refractivity contribution in [3.8, 4) is 22.6 Å². The normalized spacial score (nSPS) is 15.8. The van der Waals surface area contributed by atoms with Gasteiger partial charge in [0, 0.05) is 38.8 Å². The second-order valence-electron chi connectivity index (χ2n) is 10.0. The summed E-state index contributed by atoms with van der Waals surface area (Å²) in [5.41, 5.74) is 0.797. The van der Waals surface area contributed by atoms with Gasteiger partial charge < -0.3 is 23.9 Å². The number of aromatic carboxylic acids is 1. The minimum atomic E-state index is -1.44. The SMILES string of the molecule is COCCn1c(Cc2c(F)cc(-c3c(F)ccc4c3OC(C)(c3ccc(Cl)cn3)O4)cc2F)nc2ccc(C(=O)O)cc21. The number of carboxylic acids is 1. The van der Waals surface area contributed by atoms with E-state index in [1.807, 2.05) is 0 Å². The van der Waals surface area contributed by atoms with Crippen molar-refractivity contribution in [3.63, 3.8) is 0 Å². The first-order valence-electron chi connectivity index (χ1n) is 13.1. The van der Waals surface area contributed by atoms with Crippen molar-refractivity contribution in [3.05, 3.63) is 106 Å². The van der Waals surface area contributed by atoms with E-state index in [4.69, 9.17) is 25.8 Å². The second kappa shape index (κ2) is 10.9. The Morgan fingerprint density at radius 2 is 1.81 bits per heavy atom. The smallest absolute Gasteiger partial charge is 0.335 e. The van der Waals surface area contributed by atoms with E-state index in [1.54, 1.807) is 23.6 Å². The molecule has 0 fully saturated rings. The molecule has 43 heavy (non-hydrogen) atoms. The van der Waals surface area contributed by atoms with Gasteiger partial charge in [0.05, 0.1) is 33.8 Å². The first kappa shape index (κ1) is 28.5. The van der Waals surface area contributed by atoms with Crippen LogP contribution in [0, 0.1) is 17.5 Å². The number of hydrogen-bond acceptors (Lipinski definition) is 6. The molecule has 12 heteroatoms. The zero-order valence-electron chi connectivity index (χ0n) is 22.8. The number of ether oxygens (including phenoxy) is 3. The van der Waals surface area contributed by atoms with E-state index in [0.29, 0.717) is 27.6 Å². The van der Waals surface area contributed by atoms with E-state index in [2.05, 4.69) is 9.97 Å². The van der Waals surface area contributed by atoms with Crippen LogP contribution in [-0.2, 0) is 23.5 Å². The lowest BCUT2D eigenvalue weighted by molar-refractivity contribution is -0.0715. The number of nitrogens with zero attached hydrogens (tertiary/aromatic N) is 3. The predicted molar refractivity (Wildman–Crippen MR) is 151 cm³/mol. The molecule has 3 aromatic carbocycles. The molecule has 6 rings (SSSR count). The highest BCUT2D eigenvalue weighted by Gasteiger charge is 2.42. The molecule has 0 saturated heterocycles. The summed E-state index contributed by atoms with van der Waals surface area (Å²) in [6, 6.07) is 12.2. The Morgan fingerprint density at radius 3 is 2.49 bits per heavy atom. The summed E-state index contributed by atoms with van der Waals surface area (Å²) >= 11 is 5.94. The summed E-state index contributed by atoms with van der Waals surface area (Å²) in [4.78, 5) is 20.3. The molecule has 1 N–H and O–H groups in total. The van der Waals surface area contributed by atoms with Gasteiger partial charge in [0.25, 0.3) is 5.79 Å². The number of hydrogen-bond donors (Lipinski definition) is 1. The standard InChI is InChI=1S/C31H23ClF3N3O5/c1-31(26-8-4-18(32)15-36-26)42-25-7-5-20(33)28(29(25)43-31)17-11-21(34)19(22(35)12-17)14-27-37-23-6-3-16(30(39)40)13-24(23)38(27)9-10-41-2/h3-8,11-13,15H,9-10,14H2,1-2H3,(H,39,40). The number of pyridine rings is 1. The van der Waals surface area contributed by atoms with Crippen LogP contribution in [0.3, 0.4) is 0 Å². The maximum atomic E-state index is 15.6. The van der Waals surface area contributed by atoms with Gasteiger partial charge in [-0.1, -0.05) is 11.6 Å². The third-order valence-electron chi connectivity index (χ3n) is 7.22. The van der Waals surface area contributed by atoms with Gasteiger partial charge in [-0.05, 0) is 60.2 Å². The monoisotopic (exact) mass is 609 g/mol. The van der Waals surface area contributed by atoms with Crippen LogP contribution >= 0.6 is 11.6 Å². The van der Waals surface area contributed by atoms with Gasteiger partial charge in [-0.2, -0.15) is 0 Å². The Bertz CT molecular complexity index is 1870. The average molecular weight is 610 g/mol. The second-order valence-corrected chi connectivity index (χ2v) is 10.5. The van der Waals surface area contributed by atoms with Gasteiger partial charge in [-0.25, -0.2) is 22.9 Å². The van der Waals surface area contributed by atoms with E-state index in [9.17, 15) is 9.90 Å². The number of carboxylic acid groups (broad SMARTS) is 1. The van der Waals surface area contributed by atoms with Crippen molar-refractivity contribution < 1.29 is 37.3 Å². The van der Waals surface area contributed by atoms with Crippen molar-refractivity contribution in [2.45, 2.75) is 25.7 Å². The number of imidazole rings is 1. The van der Waals surface area contributed by atoms with Gasteiger partial charge in [0.1, 0.15) is 29.0 Å². The molecule has 8 nitrogen and oxygen atoms in total. The highest BCUT2D eigenvalue weighted by molar-refractivity contribution is 6.30. The molecule has 5 aromatic rings. The van der Waals surface area contributed by atoms with Gasteiger partial charge in [0.2, 0.25) is 0 Å². The summed E-state index contributed by atoms with van der Waals surface area (Å²) in [6.07, 6.45) is 1.16. The molecule has 2 aromatic heterocycles. The van der Waals surface area contributed by atoms with Gasteiger partial charge in [0.15, 0.2) is 11.5 Å². The summed E-state index contributed by atoms with van der Waals surface area (Å²) in [5.74, 6) is -4.72. The van der Waals surface area contributed by atoms with Crippen LogP contribution in [0.25, 0.3) is 22.2 Å². The van der Waals surface area contributed by atoms with Gasteiger partial charge >= 0.3 is 5.97 Å². The largest absolute Gasteiger partial charge is 0.478 e. The first-order valence-corrected chi connectivity index (χ1v) is 13.5. The number of rotatable bonds is 8. The molecule has 0 aliphatic carbocycles. The van der Waals surface area contributed by atoms with E-state index in [1.165, 1.54) is 37.6 Å². The summed E-state index contributed by atoms with van der Waals surface area (Å²) < 4.78 is 65.3. The van der Waals surface area contributed by atoms with Crippen LogP contribution in [0.1, 0.15) is 34.4 Å². The zero-order chi connectivity index (χ0) is 30.5. The molecule has 3 heterocycles. The quantitative estimate of drug-likeness (QED) is 0.208. The minimum absolute atomic E-state index is 0.0265. The fourth-order valence-corrected chi connectivity index (χ4v) is 5.22. The summed E-state index contributed by atoms with van der Waals surface area (Å²) in [5, 5.41) is 9.82. The van der Waals surface area contributed by atoms with E-state index in [0.717, 1.165) is 18.2 Å². The van der Waals surface area contributed by atoms with Crippen LogP contribution in [-0.4, -0.2) is 39.3 Å². The number of aromatic nitrogens is 3. The van der Waals surface area contributed by atoms with Gasteiger partial charge in [-0.15, -0.1) is 0 Å². The lowest BCUT2D eigenvalue weighted by atomic mass is 9.99. The predicted octanol–water partition coefficient (Wildman–Crippen LogP) is 6.75. The Labute approximate surface area is 248 Å². The fourth-order valence-electron chi connectivity index (χ4n) is 5.11. The molecule has 220 valence electrons. The third kappa shape index (κ3) is 5.15. The lowest BCUT2D eigenvalue weighted by Crippen LogP contribution is -2.32. The molecular formula is C31H23ClF3N3O5. The number of halogens is 4. The summed E-state index contributed by atoms with van der Waals surface area (Å²) in [7, 11) is 1.50. The maximum Gasteiger partial charge on any atom is 0.335 e. The van der Waals surface area contributed by atoms with E-state index in [-0.39, 0.29) is 53.3 Å². The Kier molecular flexibility index (Phi) is 7.23. The molecule has 1 aliphatic heterocycles. The van der Waals surface area contributed by atoms with Crippen molar-refractivity contribution in [1.82, 2.24) is 14.5 Å². The van der Waals surface area contributed by atoms with E-state index >= 15 is 13.2 Å². The van der Waals surface area contributed by atoms with Crippen LogP contribution < -0.4 is 9.47 Å². The molecular weight excluding hydrogens is 587 g/mol. The molecule has 0 radical (unpaired) electrons. The maximum absolute atomic E-state index is 15.6. The Hall–Kier alpha value is -4.61. The molecule has 0 spiro atoms. The first-order chi connectivity index (χ1) is 20.6. The highest BCUT2D eigenvalue weighted by atomic mass is 35.5. The highest BCUT2D eigenvalue weighted by Crippen LogP contribution is 2.50. The summed E-state index contributed by atoms with van der Waals surface area (Å²) in [6.45, 7) is 2.11. The van der Waals surface area contributed by atoms with Crippen molar-refractivity contribution >= 4 is 28.6 Å². The minimum Gasteiger partial charge on any atom is -0.478 e. The lowest BCUT2D eigenvalue weighted by Gasteiger charge is -2.22. The molecule has 0 bridgehead atoms. The number of benzene rings is 3. The van der Waals surface area contributed by atoms with Crippen molar-refractivity contribution in [2.24, 2.45) is 0 Å². The van der Waals surface area contributed by atoms with E-state index < -0.39 is 29.2 Å². The molecule has 1 atom stereocenters. The zero-order valence-corrected chi connectivity index (χ0v) is 23.6. The molecule has 1 unspecified atom stereocenters. The van der Waals surface area contributed by atoms with Crippen LogP contribution in [0.5, 0.6) is 11.5 Å². The fraction of sp³-hybridized carbons (Fsp3) is 0.194. The third-order valence-corrected chi connectivity index (χ3v) is 7.45. The topological polar surface area (TPSA) is 95.7 Å². The Morgan fingerprint density at radius 1 is 1.05 bits per heavy atom. The van der Waals surface area contributed by atoms with Crippen LogP contribution in [0.15, 0.2) is 60.8 Å². The average Bonchev–Trinajstić information content (AvgIpc) is 3.50. The van der Waals surface area contributed by atoms with Crippen molar-refractivity contribution in [2.75, 3.05) is 13.7 Å². The van der Waals surface area contributed by atoms with Gasteiger partial charge in [-0.3, -0.25) is 4.98 Å². The molecule has 0 amide bonds. The van der Waals surface area contributed by atoms with Crippen LogP contribution in [0.2, 0.25) is 5.02 Å². The molecule has 0 saturated carbocycles. The molecule has 1 aliphatic rings. The number of fused-ring (bicyclic) bond motifs is 2. The van der Waals surface area contributed by atoms with Crippen molar-refractivity contribution in [1.29, 1.82) is 0 Å².